The van der Waals surface area contributed by atoms with E-state index in [-0.39, 0.29) is 17.7 Å². The summed E-state index contributed by atoms with van der Waals surface area (Å²) in [6.45, 7) is 1.66. The second-order valence-electron chi connectivity index (χ2n) is 6.01. The molecule has 0 bridgehead atoms. The van der Waals surface area contributed by atoms with Crippen LogP contribution in [0.2, 0.25) is 0 Å². The first kappa shape index (κ1) is 16.4. The van der Waals surface area contributed by atoms with E-state index in [1.54, 1.807) is 18.2 Å². The minimum atomic E-state index is -0.292. The number of carbonyl (C=O) groups is 1. The van der Waals surface area contributed by atoms with Crippen LogP contribution in [-0.2, 0) is 0 Å². The fraction of sp³-hybridized carbons (Fsp3) is 0.250. The van der Waals surface area contributed by atoms with Crippen molar-refractivity contribution in [2.75, 3.05) is 18.0 Å². The van der Waals surface area contributed by atoms with E-state index in [0.29, 0.717) is 5.56 Å². The topological polar surface area (TPSA) is 40.5 Å². The van der Waals surface area contributed by atoms with Crippen molar-refractivity contribution in [2.45, 2.75) is 18.9 Å². The molecule has 124 valence electrons. The molecule has 1 aliphatic heterocycles. The highest BCUT2D eigenvalue weighted by atomic mass is 19.1. The first-order valence-electron chi connectivity index (χ1n) is 8.13. The zero-order valence-electron chi connectivity index (χ0n) is 13.4. The van der Waals surface area contributed by atoms with Gasteiger partial charge in [-0.3, -0.25) is 4.79 Å². The molecule has 0 aromatic heterocycles. The number of hydrogen-bond acceptors (Lipinski definition) is 3. The van der Waals surface area contributed by atoms with Crippen molar-refractivity contribution in [2.24, 2.45) is 0 Å². The lowest BCUT2D eigenvalue weighted by Gasteiger charge is -2.31. The Labute approximate surface area is 141 Å². The summed E-state index contributed by atoms with van der Waals surface area (Å²) in [6.07, 6.45) is 4.54. The van der Waals surface area contributed by atoms with Crippen LogP contribution in [0.15, 0.2) is 54.6 Å². The number of anilines is 1. The number of nitrogens with zero attached hydrogens (tertiary/aromatic N) is 1. The van der Waals surface area contributed by atoms with Crippen molar-refractivity contribution >= 4 is 17.5 Å². The lowest BCUT2D eigenvalue weighted by molar-refractivity contribution is 0.104. The molecule has 24 heavy (non-hydrogen) atoms. The van der Waals surface area contributed by atoms with E-state index in [2.05, 4.69) is 4.90 Å². The summed E-state index contributed by atoms with van der Waals surface area (Å²) >= 11 is 0. The number of piperidine rings is 1. The number of rotatable bonds is 4. The van der Waals surface area contributed by atoms with Crippen molar-refractivity contribution in [3.05, 3.63) is 71.6 Å². The molecule has 4 heteroatoms. The van der Waals surface area contributed by atoms with Gasteiger partial charge in [-0.2, -0.15) is 0 Å². The van der Waals surface area contributed by atoms with E-state index in [9.17, 15) is 14.3 Å². The molecule has 2 aromatic rings. The molecule has 0 aliphatic carbocycles. The van der Waals surface area contributed by atoms with Crippen molar-refractivity contribution in [1.82, 2.24) is 0 Å². The standard InChI is InChI=1S/C20H20FNO2/c21-17-6-1-15(2-7-17)3-10-20(24)16-4-8-18(9-5-16)22-13-11-19(23)12-14-22/h1-10,19,23H,11-14H2. The fourth-order valence-corrected chi connectivity index (χ4v) is 2.80. The third kappa shape index (κ3) is 4.09. The van der Waals surface area contributed by atoms with Crippen molar-refractivity contribution in [3.63, 3.8) is 0 Å². The molecule has 1 N–H and O–H groups in total. The van der Waals surface area contributed by atoms with Crippen LogP contribution in [0.3, 0.4) is 0 Å². The average Bonchev–Trinajstić information content (AvgIpc) is 2.62. The van der Waals surface area contributed by atoms with Crippen molar-refractivity contribution < 1.29 is 14.3 Å². The van der Waals surface area contributed by atoms with Gasteiger partial charge in [0.05, 0.1) is 6.10 Å². The van der Waals surface area contributed by atoms with Crippen molar-refractivity contribution in [3.8, 4) is 0 Å². The summed E-state index contributed by atoms with van der Waals surface area (Å²) in [6, 6.07) is 13.5. The molecule has 1 aliphatic rings. The summed E-state index contributed by atoms with van der Waals surface area (Å²) in [5, 5.41) is 9.56. The molecule has 0 saturated carbocycles. The second kappa shape index (κ2) is 7.41. The van der Waals surface area contributed by atoms with Gasteiger partial charge in [-0.25, -0.2) is 4.39 Å². The van der Waals surface area contributed by atoms with Gasteiger partial charge in [-0.15, -0.1) is 0 Å². The molecule has 3 rings (SSSR count). The van der Waals surface area contributed by atoms with Gasteiger partial charge in [0, 0.05) is 24.3 Å². The van der Waals surface area contributed by atoms with Gasteiger partial charge in [0.2, 0.25) is 0 Å². The lowest BCUT2D eigenvalue weighted by atomic mass is 10.1. The van der Waals surface area contributed by atoms with Gasteiger partial charge in [0.15, 0.2) is 5.78 Å². The van der Waals surface area contributed by atoms with Crippen LogP contribution < -0.4 is 4.90 Å². The number of allylic oxidation sites excluding steroid dienone is 1. The quantitative estimate of drug-likeness (QED) is 0.688. The maximum absolute atomic E-state index is 12.9. The zero-order chi connectivity index (χ0) is 16.9. The maximum Gasteiger partial charge on any atom is 0.185 e. The molecule has 1 heterocycles. The smallest absolute Gasteiger partial charge is 0.185 e. The first-order valence-corrected chi connectivity index (χ1v) is 8.13. The number of ketones is 1. The summed E-state index contributed by atoms with van der Waals surface area (Å²) in [5.74, 6) is -0.376. The number of aliphatic hydroxyl groups is 1. The largest absolute Gasteiger partial charge is 0.393 e. The monoisotopic (exact) mass is 325 g/mol. The molecule has 1 fully saturated rings. The predicted octanol–water partition coefficient (Wildman–Crippen LogP) is 3.68. The molecular weight excluding hydrogens is 305 g/mol. The van der Waals surface area contributed by atoms with Crippen LogP contribution in [-0.4, -0.2) is 30.1 Å². The molecule has 0 unspecified atom stereocenters. The Kier molecular flexibility index (Phi) is 5.06. The van der Waals surface area contributed by atoms with Gasteiger partial charge in [0.1, 0.15) is 5.82 Å². The molecular formula is C20H20FNO2. The predicted molar refractivity (Wildman–Crippen MR) is 93.7 cm³/mol. The van der Waals surface area contributed by atoms with Gasteiger partial charge < -0.3 is 10.0 Å². The van der Waals surface area contributed by atoms with Crippen molar-refractivity contribution in [1.29, 1.82) is 0 Å². The molecule has 1 saturated heterocycles. The SMILES string of the molecule is O=C(C=Cc1ccc(F)cc1)c1ccc(N2CCC(O)CC2)cc1. The molecule has 0 radical (unpaired) electrons. The molecule has 0 atom stereocenters. The Morgan fingerprint density at radius 1 is 1.04 bits per heavy atom. The molecule has 3 nitrogen and oxygen atoms in total. The summed E-state index contributed by atoms with van der Waals surface area (Å²) < 4.78 is 12.9. The van der Waals surface area contributed by atoms with E-state index in [1.165, 1.54) is 18.2 Å². The first-order chi connectivity index (χ1) is 11.6. The number of aliphatic hydroxyl groups excluding tert-OH is 1. The molecule has 0 spiro atoms. The second-order valence-corrected chi connectivity index (χ2v) is 6.01. The summed E-state index contributed by atoms with van der Waals surface area (Å²) in [7, 11) is 0. The van der Waals surface area contributed by atoms with Crippen LogP contribution in [0.1, 0.15) is 28.8 Å². The summed E-state index contributed by atoms with van der Waals surface area (Å²) in [4.78, 5) is 14.4. The van der Waals surface area contributed by atoms with E-state index >= 15 is 0 Å². The van der Waals surface area contributed by atoms with Crippen LogP contribution in [0.25, 0.3) is 6.08 Å². The zero-order valence-corrected chi connectivity index (χ0v) is 13.4. The Hall–Kier alpha value is -2.46. The third-order valence-electron chi connectivity index (χ3n) is 4.28. The van der Waals surface area contributed by atoms with E-state index in [4.69, 9.17) is 0 Å². The Balaban J connectivity index is 1.64. The van der Waals surface area contributed by atoms with Gasteiger partial charge >= 0.3 is 0 Å². The number of benzene rings is 2. The Bertz CT molecular complexity index is 714. The van der Waals surface area contributed by atoms with Gasteiger partial charge in [0.25, 0.3) is 0 Å². The maximum atomic E-state index is 12.9. The highest BCUT2D eigenvalue weighted by molar-refractivity contribution is 6.06. The summed E-state index contributed by atoms with van der Waals surface area (Å²) in [5.41, 5.74) is 2.48. The van der Waals surface area contributed by atoms with Gasteiger partial charge in [-0.05, 0) is 60.9 Å². The molecule has 2 aromatic carbocycles. The van der Waals surface area contributed by atoms with Crippen LogP contribution >= 0.6 is 0 Å². The third-order valence-corrected chi connectivity index (χ3v) is 4.28. The lowest BCUT2D eigenvalue weighted by Crippen LogP contribution is -2.35. The normalized spacial score (nSPS) is 15.8. The minimum Gasteiger partial charge on any atom is -0.393 e. The minimum absolute atomic E-state index is 0.0834. The molecule has 0 amide bonds. The van der Waals surface area contributed by atoms with Crippen LogP contribution in [0.5, 0.6) is 0 Å². The van der Waals surface area contributed by atoms with E-state index in [0.717, 1.165) is 37.2 Å². The van der Waals surface area contributed by atoms with Gasteiger partial charge in [-0.1, -0.05) is 18.2 Å². The fourth-order valence-electron chi connectivity index (χ4n) is 2.80. The number of carbonyl (C=O) groups excluding carboxylic acids is 1. The van der Waals surface area contributed by atoms with Crippen LogP contribution in [0.4, 0.5) is 10.1 Å². The Morgan fingerprint density at radius 3 is 2.29 bits per heavy atom. The van der Waals surface area contributed by atoms with E-state index in [1.807, 2.05) is 24.3 Å². The number of hydrogen-bond donors (Lipinski definition) is 1. The average molecular weight is 325 g/mol. The highest BCUT2D eigenvalue weighted by Crippen LogP contribution is 2.21. The van der Waals surface area contributed by atoms with E-state index < -0.39 is 0 Å². The number of halogens is 1. The van der Waals surface area contributed by atoms with Crippen LogP contribution in [0, 0.1) is 5.82 Å². The highest BCUT2D eigenvalue weighted by Gasteiger charge is 2.17. The Morgan fingerprint density at radius 2 is 1.67 bits per heavy atom.